The average molecular weight is 332 g/mol. The van der Waals surface area contributed by atoms with Gasteiger partial charge in [0.25, 0.3) is 11.7 Å². The van der Waals surface area contributed by atoms with Gasteiger partial charge in [0.15, 0.2) is 0 Å². The highest BCUT2D eigenvalue weighted by molar-refractivity contribution is 8.00. The van der Waals surface area contributed by atoms with Crippen molar-refractivity contribution in [3.63, 3.8) is 0 Å². The molecular weight excluding hydrogens is 312 g/mol. The Bertz CT molecular complexity index is 680. The first-order valence-electron chi connectivity index (χ1n) is 7.68. The Morgan fingerprint density at radius 1 is 1.43 bits per heavy atom. The van der Waals surface area contributed by atoms with Crippen LogP contribution in [0.2, 0.25) is 0 Å². The first-order chi connectivity index (χ1) is 11.1. The van der Waals surface area contributed by atoms with E-state index >= 15 is 0 Å². The summed E-state index contributed by atoms with van der Waals surface area (Å²) in [5, 5.41) is 4.20. The summed E-state index contributed by atoms with van der Waals surface area (Å²) in [5.74, 6) is -0.262. The van der Waals surface area contributed by atoms with Crippen LogP contribution in [0, 0.1) is 6.92 Å². The number of thioether (sulfide) groups is 1. The van der Waals surface area contributed by atoms with Crippen LogP contribution in [0.3, 0.4) is 0 Å². The molecule has 0 radical (unpaired) electrons. The molecular formula is C16H20N4O2S. The number of nitrogens with two attached hydrogens (primary N) is 1. The van der Waals surface area contributed by atoms with Crippen LogP contribution in [0.25, 0.3) is 0 Å². The van der Waals surface area contributed by atoms with Crippen LogP contribution in [-0.2, 0) is 6.54 Å². The molecule has 0 saturated carbocycles. The molecule has 2 N–H and O–H groups in total. The van der Waals surface area contributed by atoms with Crippen LogP contribution in [0.4, 0.5) is 0 Å². The molecule has 0 atom stereocenters. The molecule has 7 heteroatoms. The van der Waals surface area contributed by atoms with E-state index in [4.69, 9.17) is 10.3 Å². The number of primary amides is 1. The van der Waals surface area contributed by atoms with Gasteiger partial charge in [0.1, 0.15) is 0 Å². The molecule has 6 nitrogen and oxygen atoms in total. The Kier molecular flexibility index (Phi) is 4.97. The molecule has 1 aromatic carbocycles. The van der Waals surface area contributed by atoms with Gasteiger partial charge in [0.05, 0.1) is 6.54 Å². The van der Waals surface area contributed by atoms with Gasteiger partial charge < -0.3 is 10.3 Å². The molecule has 122 valence electrons. The van der Waals surface area contributed by atoms with Crippen molar-refractivity contribution in [3.05, 3.63) is 41.5 Å². The molecule has 1 aliphatic rings. The standard InChI is InChI=1S/C16H20N4O2S/c1-11-3-2-4-13(9-11)23-12-5-7-20(8-6-12)10-14-18-16(15(17)21)19-22-14/h2-4,9,12H,5-8,10H2,1H3,(H2,17,21). The zero-order valence-electron chi connectivity index (χ0n) is 13.1. The highest BCUT2D eigenvalue weighted by Gasteiger charge is 2.22. The molecule has 3 rings (SSSR count). The molecule has 1 fully saturated rings. The van der Waals surface area contributed by atoms with E-state index in [1.807, 2.05) is 11.8 Å². The smallest absolute Gasteiger partial charge is 0.290 e. The zero-order chi connectivity index (χ0) is 16.2. The lowest BCUT2D eigenvalue weighted by molar-refractivity contribution is 0.0987. The van der Waals surface area contributed by atoms with E-state index in [9.17, 15) is 4.79 Å². The van der Waals surface area contributed by atoms with E-state index in [1.165, 1.54) is 10.5 Å². The lowest BCUT2D eigenvalue weighted by Crippen LogP contribution is -2.34. The summed E-state index contributed by atoms with van der Waals surface area (Å²) in [4.78, 5) is 18.6. The predicted octanol–water partition coefficient (Wildman–Crippen LogP) is 2.23. The fourth-order valence-corrected chi connectivity index (χ4v) is 3.92. The minimum atomic E-state index is -0.659. The van der Waals surface area contributed by atoms with Gasteiger partial charge in [0, 0.05) is 10.1 Å². The third kappa shape index (κ3) is 4.33. The Hall–Kier alpha value is -1.86. The van der Waals surface area contributed by atoms with Crippen molar-refractivity contribution in [1.82, 2.24) is 15.0 Å². The quantitative estimate of drug-likeness (QED) is 0.904. The first kappa shape index (κ1) is 16.0. The number of likely N-dealkylation sites (tertiary alicyclic amines) is 1. The van der Waals surface area contributed by atoms with Gasteiger partial charge in [-0.05, 0) is 45.0 Å². The molecule has 1 aromatic heterocycles. The second-order valence-electron chi connectivity index (χ2n) is 5.79. The minimum Gasteiger partial charge on any atom is -0.363 e. The molecule has 2 aromatic rings. The topological polar surface area (TPSA) is 85.3 Å². The normalized spacial score (nSPS) is 16.6. The van der Waals surface area contributed by atoms with Gasteiger partial charge in [-0.25, -0.2) is 0 Å². The van der Waals surface area contributed by atoms with Crippen molar-refractivity contribution >= 4 is 17.7 Å². The average Bonchev–Trinajstić information content (AvgIpc) is 2.98. The SMILES string of the molecule is Cc1cccc(SC2CCN(Cc3nc(C(N)=O)no3)CC2)c1. The van der Waals surface area contributed by atoms with Crippen LogP contribution >= 0.6 is 11.8 Å². The van der Waals surface area contributed by atoms with Crippen LogP contribution in [0.15, 0.2) is 33.7 Å². The van der Waals surface area contributed by atoms with Gasteiger partial charge in [-0.2, -0.15) is 4.98 Å². The van der Waals surface area contributed by atoms with Crippen molar-refractivity contribution in [2.45, 2.75) is 36.5 Å². The van der Waals surface area contributed by atoms with E-state index in [2.05, 4.69) is 46.2 Å². The number of benzene rings is 1. The highest BCUT2D eigenvalue weighted by Crippen LogP contribution is 2.31. The summed E-state index contributed by atoms with van der Waals surface area (Å²) in [5.41, 5.74) is 6.42. The van der Waals surface area contributed by atoms with Crippen LogP contribution in [0.5, 0.6) is 0 Å². The maximum Gasteiger partial charge on any atom is 0.290 e. The van der Waals surface area contributed by atoms with Crippen molar-refractivity contribution < 1.29 is 9.32 Å². The van der Waals surface area contributed by atoms with Gasteiger partial charge in [-0.15, -0.1) is 11.8 Å². The summed E-state index contributed by atoms with van der Waals surface area (Å²) in [6.45, 7) is 4.66. The summed E-state index contributed by atoms with van der Waals surface area (Å²) in [6.07, 6.45) is 2.24. The van der Waals surface area contributed by atoms with Gasteiger partial charge in [0.2, 0.25) is 5.89 Å². The Labute approximate surface area is 139 Å². The van der Waals surface area contributed by atoms with E-state index in [1.54, 1.807) is 0 Å². The molecule has 1 aliphatic heterocycles. The first-order valence-corrected chi connectivity index (χ1v) is 8.56. The molecule has 1 amide bonds. The molecule has 0 aliphatic carbocycles. The number of carbonyl (C=O) groups excluding carboxylic acids is 1. The second kappa shape index (κ2) is 7.14. The fourth-order valence-electron chi connectivity index (χ4n) is 2.68. The largest absolute Gasteiger partial charge is 0.363 e. The number of aromatic nitrogens is 2. The number of hydrogen-bond acceptors (Lipinski definition) is 6. The molecule has 1 saturated heterocycles. The van der Waals surface area contributed by atoms with Crippen molar-refractivity contribution in [2.75, 3.05) is 13.1 Å². The Morgan fingerprint density at radius 2 is 2.22 bits per heavy atom. The third-order valence-electron chi connectivity index (χ3n) is 3.87. The van der Waals surface area contributed by atoms with E-state index in [0.29, 0.717) is 17.7 Å². The minimum absolute atomic E-state index is 0.0510. The maximum atomic E-state index is 11.0. The number of aryl methyl sites for hydroxylation is 1. The van der Waals surface area contributed by atoms with E-state index in [-0.39, 0.29) is 5.82 Å². The molecule has 23 heavy (non-hydrogen) atoms. The van der Waals surface area contributed by atoms with E-state index < -0.39 is 5.91 Å². The van der Waals surface area contributed by atoms with Gasteiger partial charge >= 0.3 is 0 Å². The summed E-state index contributed by atoms with van der Waals surface area (Å²) in [7, 11) is 0. The number of rotatable bonds is 5. The van der Waals surface area contributed by atoms with E-state index in [0.717, 1.165) is 25.9 Å². The monoisotopic (exact) mass is 332 g/mol. The maximum absolute atomic E-state index is 11.0. The lowest BCUT2D eigenvalue weighted by Gasteiger charge is -2.30. The van der Waals surface area contributed by atoms with Gasteiger partial charge in [-0.1, -0.05) is 22.9 Å². The molecule has 0 unspecified atom stereocenters. The summed E-state index contributed by atoms with van der Waals surface area (Å²) in [6, 6.07) is 8.64. The molecule has 2 heterocycles. The number of hydrogen-bond donors (Lipinski definition) is 1. The number of carbonyl (C=O) groups is 1. The fraction of sp³-hybridized carbons (Fsp3) is 0.438. The second-order valence-corrected chi connectivity index (χ2v) is 7.16. The molecule has 0 bridgehead atoms. The Morgan fingerprint density at radius 3 is 2.87 bits per heavy atom. The van der Waals surface area contributed by atoms with Crippen molar-refractivity contribution in [2.24, 2.45) is 5.73 Å². The Balaban J connectivity index is 1.49. The van der Waals surface area contributed by atoms with Crippen molar-refractivity contribution in [3.8, 4) is 0 Å². The zero-order valence-corrected chi connectivity index (χ0v) is 13.9. The summed E-state index contributed by atoms with van der Waals surface area (Å²) >= 11 is 1.96. The highest BCUT2D eigenvalue weighted by atomic mass is 32.2. The summed E-state index contributed by atoms with van der Waals surface area (Å²) < 4.78 is 5.06. The van der Waals surface area contributed by atoms with Crippen LogP contribution < -0.4 is 5.73 Å². The number of nitrogens with zero attached hydrogens (tertiary/aromatic N) is 3. The van der Waals surface area contributed by atoms with Crippen LogP contribution in [-0.4, -0.2) is 39.3 Å². The van der Waals surface area contributed by atoms with Crippen LogP contribution in [0.1, 0.15) is 34.9 Å². The molecule has 0 spiro atoms. The lowest BCUT2D eigenvalue weighted by atomic mass is 10.1. The number of amides is 1. The predicted molar refractivity (Wildman–Crippen MR) is 88.2 cm³/mol. The van der Waals surface area contributed by atoms with Crippen molar-refractivity contribution in [1.29, 1.82) is 0 Å². The van der Waals surface area contributed by atoms with Gasteiger partial charge in [-0.3, -0.25) is 9.69 Å². The number of piperidine rings is 1. The third-order valence-corrected chi connectivity index (χ3v) is 5.21.